The maximum Gasteiger partial charge on any atom is 0.266 e. The van der Waals surface area contributed by atoms with Crippen LogP contribution < -0.4 is 19.5 Å². The highest BCUT2D eigenvalue weighted by molar-refractivity contribution is 6.09. The molecular formula is C23H26N2O4. The topological polar surface area (TPSA) is 80.6 Å². The number of benzene rings is 2. The van der Waals surface area contributed by atoms with Crippen LogP contribution in [0.2, 0.25) is 0 Å². The summed E-state index contributed by atoms with van der Waals surface area (Å²) in [7, 11) is 3.13. The molecule has 0 aliphatic carbocycles. The van der Waals surface area contributed by atoms with Gasteiger partial charge in [-0.25, -0.2) is 0 Å². The fourth-order valence-corrected chi connectivity index (χ4v) is 2.62. The molecule has 0 spiro atoms. The van der Waals surface area contributed by atoms with Gasteiger partial charge < -0.3 is 19.5 Å². The molecule has 0 bridgehead atoms. The van der Waals surface area contributed by atoms with Gasteiger partial charge >= 0.3 is 0 Å². The number of ether oxygens (including phenoxy) is 3. The van der Waals surface area contributed by atoms with Gasteiger partial charge in [0, 0.05) is 5.69 Å². The molecule has 6 nitrogen and oxygen atoms in total. The van der Waals surface area contributed by atoms with Gasteiger partial charge in [-0.05, 0) is 54.5 Å². The predicted octanol–water partition coefficient (Wildman–Crippen LogP) is 4.82. The molecule has 0 aliphatic rings. The molecule has 2 aromatic rings. The summed E-state index contributed by atoms with van der Waals surface area (Å²) in [5, 5.41) is 12.1. The van der Waals surface area contributed by atoms with E-state index >= 15 is 0 Å². The number of amides is 1. The van der Waals surface area contributed by atoms with E-state index in [0.717, 1.165) is 19.3 Å². The zero-order valence-corrected chi connectivity index (χ0v) is 17.0. The fourth-order valence-electron chi connectivity index (χ4n) is 2.62. The summed E-state index contributed by atoms with van der Waals surface area (Å²) in [5.74, 6) is 1.39. The van der Waals surface area contributed by atoms with E-state index in [-0.39, 0.29) is 5.57 Å². The number of nitriles is 1. The summed E-state index contributed by atoms with van der Waals surface area (Å²) in [6.45, 7) is 2.76. The molecule has 0 saturated heterocycles. The first-order valence-corrected chi connectivity index (χ1v) is 9.49. The van der Waals surface area contributed by atoms with Crippen molar-refractivity contribution in [3.63, 3.8) is 0 Å². The first kappa shape index (κ1) is 21.8. The number of hydrogen-bond acceptors (Lipinski definition) is 5. The van der Waals surface area contributed by atoms with Gasteiger partial charge in [0.25, 0.3) is 5.91 Å². The molecule has 2 aromatic carbocycles. The fraction of sp³-hybridized carbons (Fsp3) is 0.304. The van der Waals surface area contributed by atoms with Crippen LogP contribution in [-0.2, 0) is 4.79 Å². The van der Waals surface area contributed by atoms with Crippen LogP contribution in [0.1, 0.15) is 31.7 Å². The molecule has 0 heterocycles. The standard InChI is InChI=1S/C23H26N2O4/c1-4-5-6-13-29-21-12-7-17(15-22(21)28-3)14-18(16-24)23(26)25-19-8-10-20(27-2)11-9-19/h7-12,14-15H,4-6,13H2,1-3H3,(H,25,26)/b18-14-. The highest BCUT2D eigenvalue weighted by atomic mass is 16.5. The first-order valence-electron chi connectivity index (χ1n) is 9.49. The molecule has 2 rings (SSSR count). The Morgan fingerprint density at radius 2 is 1.83 bits per heavy atom. The van der Waals surface area contributed by atoms with E-state index in [1.54, 1.807) is 56.7 Å². The van der Waals surface area contributed by atoms with Gasteiger partial charge in [0.1, 0.15) is 17.4 Å². The summed E-state index contributed by atoms with van der Waals surface area (Å²) in [6.07, 6.45) is 4.73. The SMILES string of the molecule is CCCCCOc1ccc(/C=C(/C#N)C(=O)Nc2ccc(OC)cc2)cc1OC. The zero-order chi connectivity index (χ0) is 21.1. The average Bonchev–Trinajstić information content (AvgIpc) is 2.75. The molecule has 29 heavy (non-hydrogen) atoms. The Bertz CT molecular complexity index is 883. The molecular weight excluding hydrogens is 368 g/mol. The Balaban J connectivity index is 2.12. The molecule has 0 radical (unpaired) electrons. The molecule has 0 aliphatic heterocycles. The summed E-state index contributed by atoms with van der Waals surface area (Å²) >= 11 is 0. The summed E-state index contributed by atoms with van der Waals surface area (Å²) < 4.78 is 16.2. The third-order valence-electron chi connectivity index (χ3n) is 4.22. The second kappa shape index (κ2) is 11.4. The number of rotatable bonds is 10. The van der Waals surface area contributed by atoms with Crippen molar-refractivity contribution in [3.8, 4) is 23.3 Å². The summed E-state index contributed by atoms with van der Waals surface area (Å²) in [6, 6.07) is 14.1. The van der Waals surface area contributed by atoms with Gasteiger partial charge in [0.2, 0.25) is 0 Å². The van der Waals surface area contributed by atoms with Gasteiger partial charge in [0.05, 0.1) is 20.8 Å². The lowest BCUT2D eigenvalue weighted by Gasteiger charge is -2.11. The first-order chi connectivity index (χ1) is 14.1. The molecule has 1 N–H and O–H groups in total. The number of unbranched alkanes of at least 4 members (excludes halogenated alkanes) is 2. The largest absolute Gasteiger partial charge is 0.497 e. The highest BCUT2D eigenvalue weighted by Gasteiger charge is 2.11. The Labute approximate surface area is 171 Å². The van der Waals surface area contributed by atoms with Crippen molar-refractivity contribution >= 4 is 17.7 Å². The Morgan fingerprint density at radius 1 is 1.07 bits per heavy atom. The van der Waals surface area contributed by atoms with Crippen LogP contribution in [0.3, 0.4) is 0 Å². The molecule has 0 fully saturated rings. The monoisotopic (exact) mass is 394 g/mol. The van der Waals surface area contributed by atoms with E-state index in [0.29, 0.717) is 35.1 Å². The quantitative estimate of drug-likeness (QED) is 0.355. The van der Waals surface area contributed by atoms with E-state index in [2.05, 4.69) is 12.2 Å². The van der Waals surface area contributed by atoms with Gasteiger partial charge in [-0.2, -0.15) is 5.26 Å². The normalized spacial score (nSPS) is 10.8. The van der Waals surface area contributed by atoms with Crippen molar-refractivity contribution in [2.24, 2.45) is 0 Å². The van der Waals surface area contributed by atoms with Gasteiger partial charge in [-0.1, -0.05) is 25.8 Å². The number of nitrogens with one attached hydrogen (secondary N) is 1. The zero-order valence-electron chi connectivity index (χ0n) is 17.0. The minimum Gasteiger partial charge on any atom is -0.497 e. The molecule has 0 aromatic heterocycles. The van der Waals surface area contributed by atoms with Gasteiger partial charge in [0.15, 0.2) is 11.5 Å². The number of hydrogen-bond donors (Lipinski definition) is 1. The average molecular weight is 394 g/mol. The van der Waals surface area contributed by atoms with Crippen molar-refractivity contribution in [3.05, 3.63) is 53.6 Å². The number of carbonyl (C=O) groups excluding carboxylic acids is 1. The molecule has 0 atom stereocenters. The predicted molar refractivity (Wildman–Crippen MR) is 113 cm³/mol. The van der Waals surface area contributed by atoms with Crippen LogP contribution in [-0.4, -0.2) is 26.7 Å². The molecule has 152 valence electrons. The third-order valence-corrected chi connectivity index (χ3v) is 4.22. The van der Waals surface area contributed by atoms with E-state index in [1.165, 1.54) is 6.08 Å². The number of methoxy groups -OCH3 is 2. The van der Waals surface area contributed by atoms with Gasteiger partial charge in [-0.3, -0.25) is 4.79 Å². The number of nitrogens with zero attached hydrogens (tertiary/aromatic N) is 1. The maximum absolute atomic E-state index is 12.4. The van der Waals surface area contributed by atoms with Crippen molar-refractivity contribution < 1.29 is 19.0 Å². The van der Waals surface area contributed by atoms with E-state index in [9.17, 15) is 10.1 Å². The van der Waals surface area contributed by atoms with E-state index in [4.69, 9.17) is 14.2 Å². The molecule has 1 amide bonds. The van der Waals surface area contributed by atoms with Crippen LogP contribution >= 0.6 is 0 Å². The smallest absolute Gasteiger partial charge is 0.266 e. The minimum atomic E-state index is -0.489. The summed E-state index contributed by atoms with van der Waals surface area (Å²) in [5.41, 5.74) is 1.23. The van der Waals surface area contributed by atoms with Gasteiger partial charge in [-0.15, -0.1) is 0 Å². The van der Waals surface area contributed by atoms with Crippen LogP contribution in [0, 0.1) is 11.3 Å². The van der Waals surface area contributed by atoms with E-state index in [1.807, 2.05) is 6.07 Å². The molecule has 6 heteroatoms. The van der Waals surface area contributed by atoms with Crippen molar-refractivity contribution in [2.45, 2.75) is 26.2 Å². The summed E-state index contributed by atoms with van der Waals surface area (Å²) in [4.78, 5) is 12.4. The second-order valence-corrected chi connectivity index (χ2v) is 6.32. The van der Waals surface area contributed by atoms with Crippen molar-refractivity contribution in [2.75, 3.05) is 26.1 Å². The Hall–Kier alpha value is -3.46. The Kier molecular flexibility index (Phi) is 8.58. The molecule has 0 unspecified atom stereocenters. The number of carbonyl (C=O) groups is 1. The third kappa shape index (κ3) is 6.58. The lowest BCUT2D eigenvalue weighted by atomic mass is 10.1. The minimum absolute atomic E-state index is 0.0144. The van der Waals surface area contributed by atoms with Crippen LogP contribution in [0.5, 0.6) is 17.2 Å². The lowest BCUT2D eigenvalue weighted by Crippen LogP contribution is -2.13. The number of anilines is 1. The van der Waals surface area contributed by atoms with Crippen LogP contribution in [0.4, 0.5) is 5.69 Å². The van der Waals surface area contributed by atoms with Crippen LogP contribution in [0.25, 0.3) is 6.08 Å². The van der Waals surface area contributed by atoms with Crippen molar-refractivity contribution in [1.82, 2.24) is 0 Å². The maximum atomic E-state index is 12.4. The van der Waals surface area contributed by atoms with Crippen molar-refractivity contribution in [1.29, 1.82) is 5.26 Å². The molecule has 0 saturated carbocycles. The van der Waals surface area contributed by atoms with E-state index < -0.39 is 5.91 Å². The van der Waals surface area contributed by atoms with Crippen LogP contribution in [0.15, 0.2) is 48.0 Å². The second-order valence-electron chi connectivity index (χ2n) is 6.32. The lowest BCUT2D eigenvalue weighted by molar-refractivity contribution is -0.112. The Morgan fingerprint density at radius 3 is 2.45 bits per heavy atom. The highest BCUT2D eigenvalue weighted by Crippen LogP contribution is 2.29.